The summed E-state index contributed by atoms with van der Waals surface area (Å²) in [7, 11) is 0. The molecule has 3 nitrogen and oxygen atoms in total. The molecule has 1 aromatic rings. The maximum absolute atomic E-state index is 5.80. The van der Waals surface area contributed by atoms with Crippen molar-refractivity contribution in [1.82, 2.24) is 10.3 Å². The standard InChI is InChI=1S/C14H26N2OS/c1-10(2)6-12(5)17-8-13-9-18-14(16-13)7-15-11(3)4/h9-12,15H,6-8H2,1-5H3. The number of hydrogen-bond acceptors (Lipinski definition) is 4. The van der Waals surface area contributed by atoms with Crippen molar-refractivity contribution in [2.24, 2.45) is 5.92 Å². The lowest BCUT2D eigenvalue weighted by atomic mass is 10.1. The summed E-state index contributed by atoms with van der Waals surface area (Å²) < 4.78 is 5.80. The molecule has 0 amide bonds. The van der Waals surface area contributed by atoms with Gasteiger partial charge in [-0.25, -0.2) is 4.98 Å². The molecule has 0 aliphatic carbocycles. The quantitative estimate of drug-likeness (QED) is 0.784. The molecule has 18 heavy (non-hydrogen) atoms. The van der Waals surface area contributed by atoms with Gasteiger partial charge in [-0.05, 0) is 19.3 Å². The third kappa shape index (κ3) is 6.47. The van der Waals surface area contributed by atoms with Gasteiger partial charge < -0.3 is 10.1 Å². The number of hydrogen-bond donors (Lipinski definition) is 1. The molecule has 1 N–H and O–H groups in total. The monoisotopic (exact) mass is 270 g/mol. The Morgan fingerprint density at radius 3 is 2.61 bits per heavy atom. The highest BCUT2D eigenvalue weighted by molar-refractivity contribution is 7.09. The minimum Gasteiger partial charge on any atom is -0.372 e. The second kappa shape index (κ2) is 7.87. The summed E-state index contributed by atoms with van der Waals surface area (Å²) in [6, 6.07) is 0.500. The maximum Gasteiger partial charge on any atom is 0.107 e. The van der Waals surface area contributed by atoms with E-state index in [1.54, 1.807) is 11.3 Å². The summed E-state index contributed by atoms with van der Waals surface area (Å²) >= 11 is 1.70. The van der Waals surface area contributed by atoms with Crippen LogP contribution < -0.4 is 5.32 Å². The average molecular weight is 270 g/mol. The number of thiazole rings is 1. The van der Waals surface area contributed by atoms with E-state index in [4.69, 9.17) is 4.74 Å². The molecule has 4 heteroatoms. The van der Waals surface area contributed by atoms with Crippen molar-refractivity contribution >= 4 is 11.3 Å². The smallest absolute Gasteiger partial charge is 0.107 e. The second-order valence-corrected chi connectivity index (χ2v) is 6.46. The Kier molecular flexibility index (Phi) is 6.82. The van der Waals surface area contributed by atoms with E-state index in [0.717, 1.165) is 23.7 Å². The molecule has 0 radical (unpaired) electrons. The molecule has 104 valence electrons. The van der Waals surface area contributed by atoms with Gasteiger partial charge in [0.05, 0.1) is 18.4 Å². The molecule has 0 aromatic carbocycles. The van der Waals surface area contributed by atoms with Gasteiger partial charge in [0, 0.05) is 18.0 Å². The zero-order chi connectivity index (χ0) is 13.5. The van der Waals surface area contributed by atoms with Gasteiger partial charge in [0.15, 0.2) is 0 Å². The van der Waals surface area contributed by atoms with Crippen LogP contribution in [0.4, 0.5) is 0 Å². The van der Waals surface area contributed by atoms with Crippen LogP contribution in [0.3, 0.4) is 0 Å². The lowest BCUT2D eigenvalue weighted by Crippen LogP contribution is -2.21. The van der Waals surface area contributed by atoms with E-state index in [1.807, 2.05) is 0 Å². The molecule has 0 saturated carbocycles. The van der Waals surface area contributed by atoms with E-state index in [1.165, 1.54) is 0 Å². The topological polar surface area (TPSA) is 34.1 Å². The average Bonchev–Trinajstić information content (AvgIpc) is 2.70. The summed E-state index contributed by atoms with van der Waals surface area (Å²) in [5.41, 5.74) is 1.05. The predicted octanol–water partition coefficient (Wildman–Crippen LogP) is 3.59. The first kappa shape index (κ1) is 15.6. The fourth-order valence-corrected chi connectivity index (χ4v) is 2.48. The molecule has 1 heterocycles. The Bertz CT molecular complexity index is 336. The fourth-order valence-electron chi connectivity index (χ4n) is 1.75. The zero-order valence-corrected chi connectivity index (χ0v) is 13.0. The summed E-state index contributed by atoms with van der Waals surface area (Å²) in [4.78, 5) is 4.56. The molecule has 0 spiro atoms. The number of nitrogens with one attached hydrogen (secondary N) is 1. The third-order valence-corrected chi connectivity index (χ3v) is 3.48. The van der Waals surface area contributed by atoms with Crippen molar-refractivity contribution in [3.05, 3.63) is 16.1 Å². The molecule has 0 aliphatic heterocycles. The molecule has 1 unspecified atom stereocenters. The minimum absolute atomic E-state index is 0.309. The largest absolute Gasteiger partial charge is 0.372 e. The first-order chi connectivity index (χ1) is 8.47. The van der Waals surface area contributed by atoms with Gasteiger partial charge >= 0.3 is 0 Å². The van der Waals surface area contributed by atoms with Crippen molar-refractivity contribution in [3.8, 4) is 0 Å². The number of nitrogens with zero attached hydrogens (tertiary/aromatic N) is 1. The van der Waals surface area contributed by atoms with Crippen molar-refractivity contribution in [2.45, 2.75) is 66.3 Å². The van der Waals surface area contributed by atoms with Gasteiger partial charge in [-0.2, -0.15) is 0 Å². The second-order valence-electron chi connectivity index (χ2n) is 5.52. The molecule has 0 bridgehead atoms. The molecular formula is C14H26N2OS. The van der Waals surface area contributed by atoms with Crippen LogP contribution in [0.2, 0.25) is 0 Å². The number of rotatable bonds is 8. The van der Waals surface area contributed by atoms with Crippen LogP contribution in [0.1, 0.15) is 51.7 Å². The molecule has 0 saturated heterocycles. The van der Waals surface area contributed by atoms with Gasteiger partial charge in [0.25, 0.3) is 0 Å². The Labute approximate surface area is 115 Å². The third-order valence-electron chi connectivity index (χ3n) is 2.58. The SMILES string of the molecule is CC(C)CC(C)OCc1csc(CNC(C)C)n1. The molecule has 0 fully saturated rings. The minimum atomic E-state index is 0.309. The van der Waals surface area contributed by atoms with Gasteiger partial charge in [0.2, 0.25) is 0 Å². The van der Waals surface area contributed by atoms with Crippen molar-refractivity contribution in [2.75, 3.05) is 0 Å². The summed E-state index contributed by atoms with van der Waals surface area (Å²) in [5, 5.41) is 6.61. The highest BCUT2D eigenvalue weighted by Gasteiger charge is 2.08. The van der Waals surface area contributed by atoms with E-state index >= 15 is 0 Å². The summed E-state index contributed by atoms with van der Waals surface area (Å²) in [6.45, 7) is 12.3. The van der Waals surface area contributed by atoms with E-state index in [0.29, 0.717) is 24.7 Å². The molecule has 1 atom stereocenters. The van der Waals surface area contributed by atoms with Crippen LogP contribution in [0.15, 0.2) is 5.38 Å². The van der Waals surface area contributed by atoms with Crippen LogP contribution >= 0.6 is 11.3 Å². The molecule has 0 aliphatic rings. The first-order valence-electron chi connectivity index (χ1n) is 6.75. The van der Waals surface area contributed by atoms with Crippen molar-refractivity contribution < 1.29 is 4.74 Å². The Hall–Kier alpha value is -0.450. The van der Waals surface area contributed by atoms with E-state index < -0.39 is 0 Å². The van der Waals surface area contributed by atoms with Gasteiger partial charge in [-0.1, -0.05) is 27.7 Å². The van der Waals surface area contributed by atoms with Gasteiger partial charge in [0.1, 0.15) is 5.01 Å². The van der Waals surface area contributed by atoms with Crippen LogP contribution in [0.5, 0.6) is 0 Å². The van der Waals surface area contributed by atoms with Crippen LogP contribution in [-0.2, 0) is 17.9 Å². The Balaban J connectivity index is 2.30. The molecule has 1 rings (SSSR count). The van der Waals surface area contributed by atoms with Crippen molar-refractivity contribution in [1.29, 1.82) is 0 Å². The van der Waals surface area contributed by atoms with E-state index in [2.05, 4.69) is 50.3 Å². The Morgan fingerprint density at radius 1 is 1.28 bits per heavy atom. The van der Waals surface area contributed by atoms with Gasteiger partial charge in [-0.3, -0.25) is 0 Å². The maximum atomic E-state index is 5.80. The highest BCUT2D eigenvalue weighted by Crippen LogP contribution is 2.13. The summed E-state index contributed by atoms with van der Waals surface area (Å²) in [6.07, 6.45) is 1.41. The first-order valence-corrected chi connectivity index (χ1v) is 7.63. The van der Waals surface area contributed by atoms with Crippen LogP contribution in [0.25, 0.3) is 0 Å². The highest BCUT2D eigenvalue weighted by atomic mass is 32.1. The van der Waals surface area contributed by atoms with Gasteiger partial charge in [-0.15, -0.1) is 11.3 Å². The predicted molar refractivity (Wildman–Crippen MR) is 77.8 cm³/mol. The Morgan fingerprint density at radius 2 is 2.00 bits per heavy atom. The molecular weight excluding hydrogens is 244 g/mol. The normalized spacial score (nSPS) is 13.5. The van der Waals surface area contributed by atoms with E-state index in [9.17, 15) is 0 Å². The lowest BCUT2D eigenvalue weighted by Gasteiger charge is -2.14. The summed E-state index contributed by atoms with van der Waals surface area (Å²) in [5.74, 6) is 0.682. The van der Waals surface area contributed by atoms with Crippen LogP contribution in [0, 0.1) is 5.92 Å². The lowest BCUT2D eigenvalue weighted by molar-refractivity contribution is 0.0381. The zero-order valence-electron chi connectivity index (χ0n) is 12.2. The van der Waals surface area contributed by atoms with Crippen LogP contribution in [-0.4, -0.2) is 17.1 Å². The fraction of sp³-hybridized carbons (Fsp3) is 0.786. The molecule has 1 aromatic heterocycles. The van der Waals surface area contributed by atoms with Crippen molar-refractivity contribution in [3.63, 3.8) is 0 Å². The number of aromatic nitrogens is 1. The number of ether oxygens (including phenoxy) is 1. The van der Waals surface area contributed by atoms with E-state index in [-0.39, 0.29) is 0 Å².